The van der Waals surface area contributed by atoms with E-state index in [1.807, 2.05) is 0 Å². The molecule has 128 valence electrons. The summed E-state index contributed by atoms with van der Waals surface area (Å²) in [4.78, 5) is 2.58. The molecule has 2 aromatic rings. The van der Waals surface area contributed by atoms with Gasteiger partial charge in [0.15, 0.2) is 0 Å². The first-order chi connectivity index (χ1) is 11.7. The van der Waals surface area contributed by atoms with E-state index >= 15 is 0 Å². The Labute approximate surface area is 146 Å². The van der Waals surface area contributed by atoms with Gasteiger partial charge in [-0.3, -0.25) is 4.90 Å². The molecule has 0 saturated carbocycles. The van der Waals surface area contributed by atoms with Crippen molar-refractivity contribution in [1.82, 2.24) is 10.2 Å². The van der Waals surface area contributed by atoms with Crippen LogP contribution in [0.2, 0.25) is 0 Å². The van der Waals surface area contributed by atoms with Gasteiger partial charge in [0, 0.05) is 18.6 Å². The monoisotopic (exact) mass is 322 g/mol. The number of nitrogens with zero attached hydrogens (tertiary/aromatic N) is 1. The standard InChI is InChI=1S/C22H30N2/c1-3-19-9-11-21(12-10-19)18(2)23-22-13-15-24(16-14-22)17-20-7-5-4-6-8-20/h4-12,18,22-23H,3,13-17H2,1-2H3. The van der Waals surface area contributed by atoms with Crippen LogP contribution in [0.3, 0.4) is 0 Å². The second-order valence-corrected chi connectivity index (χ2v) is 7.02. The van der Waals surface area contributed by atoms with Gasteiger partial charge in [0.25, 0.3) is 0 Å². The number of likely N-dealkylation sites (tertiary alicyclic amines) is 1. The van der Waals surface area contributed by atoms with Crippen LogP contribution in [0.25, 0.3) is 0 Å². The van der Waals surface area contributed by atoms with Gasteiger partial charge in [0.2, 0.25) is 0 Å². The third-order valence-electron chi connectivity index (χ3n) is 5.21. The molecule has 1 saturated heterocycles. The van der Waals surface area contributed by atoms with E-state index in [1.54, 1.807) is 0 Å². The zero-order valence-corrected chi connectivity index (χ0v) is 15.0. The summed E-state index contributed by atoms with van der Waals surface area (Å²) in [7, 11) is 0. The van der Waals surface area contributed by atoms with Crippen molar-refractivity contribution in [2.45, 2.75) is 51.7 Å². The lowest BCUT2D eigenvalue weighted by atomic mass is 10.00. The fraction of sp³-hybridized carbons (Fsp3) is 0.455. The number of nitrogens with one attached hydrogen (secondary N) is 1. The fourth-order valence-corrected chi connectivity index (χ4v) is 3.59. The van der Waals surface area contributed by atoms with Crippen molar-refractivity contribution in [1.29, 1.82) is 0 Å². The fourth-order valence-electron chi connectivity index (χ4n) is 3.59. The minimum atomic E-state index is 0.432. The minimum absolute atomic E-state index is 0.432. The molecule has 24 heavy (non-hydrogen) atoms. The zero-order chi connectivity index (χ0) is 16.8. The van der Waals surface area contributed by atoms with Crippen LogP contribution in [0, 0.1) is 0 Å². The molecule has 0 aromatic heterocycles. The van der Waals surface area contributed by atoms with E-state index in [1.165, 1.54) is 42.6 Å². The van der Waals surface area contributed by atoms with E-state index in [2.05, 4.69) is 78.7 Å². The van der Waals surface area contributed by atoms with E-state index in [0.29, 0.717) is 12.1 Å². The number of aryl methyl sites for hydroxylation is 1. The van der Waals surface area contributed by atoms with E-state index in [-0.39, 0.29) is 0 Å². The van der Waals surface area contributed by atoms with E-state index in [9.17, 15) is 0 Å². The summed E-state index contributed by atoms with van der Waals surface area (Å²) in [6, 6.07) is 21.0. The molecule has 1 aliphatic rings. The molecular weight excluding hydrogens is 292 g/mol. The molecule has 2 heteroatoms. The van der Waals surface area contributed by atoms with Gasteiger partial charge in [-0.15, -0.1) is 0 Å². The predicted octanol–water partition coefficient (Wildman–Crippen LogP) is 4.56. The Morgan fingerprint density at radius 3 is 2.25 bits per heavy atom. The van der Waals surface area contributed by atoms with Gasteiger partial charge in [0.1, 0.15) is 0 Å². The van der Waals surface area contributed by atoms with Gasteiger partial charge in [-0.25, -0.2) is 0 Å². The van der Waals surface area contributed by atoms with Crippen molar-refractivity contribution in [2.75, 3.05) is 13.1 Å². The largest absolute Gasteiger partial charge is 0.307 e. The van der Waals surface area contributed by atoms with Crippen molar-refractivity contribution < 1.29 is 0 Å². The van der Waals surface area contributed by atoms with Crippen LogP contribution in [-0.4, -0.2) is 24.0 Å². The Kier molecular flexibility index (Phi) is 6.06. The smallest absolute Gasteiger partial charge is 0.0294 e. The number of hydrogen-bond donors (Lipinski definition) is 1. The Morgan fingerprint density at radius 1 is 0.958 bits per heavy atom. The van der Waals surface area contributed by atoms with Gasteiger partial charge in [0.05, 0.1) is 0 Å². The molecule has 3 rings (SSSR count). The normalized spacial score (nSPS) is 17.8. The van der Waals surface area contributed by atoms with Gasteiger partial charge in [-0.1, -0.05) is 61.5 Å². The molecule has 1 unspecified atom stereocenters. The molecule has 0 spiro atoms. The molecule has 2 aromatic carbocycles. The summed E-state index contributed by atoms with van der Waals surface area (Å²) >= 11 is 0. The third-order valence-corrected chi connectivity index (χ3v) is 5.21. The van der Waals surface area contributed by atoms with Crippen LogP contribution in [0.15, 0.2) is 54.6 Å². The van der Waals surface area contributed by atoms with Crippen molar-refractivity contribution in [2.24, 2.45) is 0 Å². The van der Waals surface area contributed by atoms with Gasteiger partial charge in [-0.05, 0) is 56.0 Å². The highest BCUT2D eigenvalue weighted by Gasteiger charge is 2.20. The molecule has 0 bridgehead atoms. The zero-order valence-electron chi connectivity index (χ0n) is 15.0. The second-order valence-electron chi connectivity index (χ2n) is 7.02. The maximum atomic E-state index is 3.83. The number of benzene rings is 2. The Morgan fingerprint density at radius 2 is 1.62 bits per heavy atom. The van der Waals surface area contributed by atoms with Crippen molar-refractivity contribution in [3.8, 4) is 0 Å². The summed E-state index contributed by atoms with van der Waals surface area (Å²) < 4.78 is 0. The number of hydrogen-bond acceptors (Lipinski definition) is 2. The number of rotatable bonds is 6. The highest BCUT2D eigenvalue weighted by molar-refractivity contribution is 5.24. The summed E-state index contributed by atoms with van der Waals surface area (Å²) in [5.74, 6) is 0. The van der Waals surface area contributed by atoms with Gasteiger partial charge >= 0.3 is 0 Å². The summed E-state index contributed by atoms with van der Waals surface area (Å²) in [6.45, 7) is 7.96. The average Bonchev–Trinajstić information content (AvgIpc) is 2.64. The van der Waals surface area contributed by atoms with E-state index < -0.39 is 0 Å². The van der Waals surface area contributed by atoms with Crippen molar-refractivity contribution in [3.05, 3.63) is 71.3 Å². The van der Waals surface area contributed by atoms with Crippen LogP contribution in [0.5, 0.6) is 0 Å². The molecule has 0 aliphatic carbocycles. The molecule has 1 heterocycles. The van der Waals surface area contributed by atoms with Crippen LogP contribution in [0.1, 0.15) is 49.4 Å². The molecule has 1 atom stereocenters. The van der Waals surface area contributed by atoms with E-state index in [0.717, 1.165) is 13.0 Å². The molecule has 0 amide bonds. The van der Waals surface area contributed by atoms with Crippen molar-refractivity contribution in [3.63, 3.8) is 0 Å². The molecule has 0 radical (unpaired) electrons. The number of piperidine rings is 1. The van der Waals surface area contributed by atoms with Crippen LogP contribution < -0.4 is 5.32 Å². The minimum Gasteiger partial charge on any atom is -0.307 e. The molecule has 1 fully saturated rings. The maximum absolute atomic E-state index is 3.83. The lowest BCUT2D eigenvalue weighted by Crippen LogP contribution is -2.42. The molecule has 2 nitrogen and oxygen atoms in total. The quantitative estimate of drug-likeness (QED) is 0.838. The average molecular weight is 322 g/mol. The molecule has 1 aliphatic heterocycles. The van der Waals surface area contributed by atoms with Gasteiger partial charge < -0.3 is 5.32 Å². The van der Waals surface area contributed by atoms with Crippen LogP contribution >= 0.6 is 0 Å². The Balaban J connectivity index is 1.46. The third kappa shape index (κ3) is 4.68. The highest BCUT2D eigenvalue weighted by Crippen LogP contribution is 2.19. The first-order valence-electron chi connectivity index (χ1n) is 9.35. The molecular formula is C22H30N2. The lowest BCUT2D eigenvalue weighted by molar-refractivity contribution is 0.185. The SMILES string of the molecule is CCc1ccc(C(C)NC2CCN(Cc3ccccc3)CC2)cc1. The Hall–Kier alpha value is -1.64. The summed E-state index contributed by atoms with van der Waals surface area (Å²) in [5.41, 5.74) is 4.24. The highest BCUT2D eigenvalue weighted by atomic mass is 15.1. The van der Waals surface area contributed by atoms with Gasteiger partial charge in [-0.2, -0.15) is 0 Å². The Bertz CT molecular complexity index is 598. The predicted molar refractivity (Wildman–Crippen MR) is 102 cm³/mol. The van der Waals surface area contributed by atoms with Crippen LogP contribution in [-0.2, 0) is 13.0 Å². The van der Waals surface area contributed by atoms with Crippen LogP contribution in [0.4, 0.5) is 0 Å². The first kappa shape index (κ1) is 17.2. The van der Waals surface area contributed by atoms with Crippen molar-refractivity contribution >= 4 is 0 Å². The second kappa shape index (κ2) is 8.46. The summed E-state index contributed by atoms with van der Waals surface area (Å²) in [5, 5.41) is 3.83. The topological polar surface area (TPSA) is 15.3 Å². The molecule has 1 N–H and O–H groups in total. The first-order valence-corrected chi connectivity index (χ1v) is 9.35. The summed E-state index contributed by atoms with van der Waals surface area (Å²) in [6.07, 6.45) is 3.59. The van der Waals surface area contributed by atoms with E-state index in [4.69, 9.17) is 0 Å². The lowest BCUT2D eigenvalue weighted by Gasteiger charge is -2.34. The maximum Gasteiger partial charge on any atom is 0.0294 e.